The molecule has 9 aromatic carbocycles. The van der Waals surface area contributed by atoms with Gasteiger partial charge in [0.15, 0.2) is 0 Å². The van der Waals surface area contributed by atoms with Crippen LogP contribution in [0.25, 0.3) is 95.7 Å². The molecule has 4 heteroatoms. The lowest BCUT2D eigenvalue weighted by Gasteiger charge is -2.27. The normalized spacial score (nSPS) is 11.8. The van der Waals surface area contributed by atoms with Crippen LogP contribution in [-0.4, -0.2) is 0 Å². The lowest BCUT2D eigenvalue weighted by molar-refractivity contribution is 0.669. The van der Waals surface area contributed by atoms with Gasteiger partial charge in [-0.15, -0.1) is 22.7 Å². The molecule has 0 saturated heterocycles. The van der Waals surface area contributed by atoms with Crippen molar-refractivity contribution in [1.29, 1.82) is 0 Å². The number of benzene rings is 9. The molecule has 0 bridgehead atoms. The van der Waals surface area contributed by atoms with Gasteiger partial charge in [-0.1, -0.05) is 121 Å². The minimum absolute atomic E-state index is 0.902. The minimum Gasteiger partial charge on any atom is -0.456 e. The number of rotatable bonds is 6. The van der Waals surface area contributed by atoms with Crippen LogP contribution in [0.4, 0.5) is 17.1 Å². The zero-order valence-corrected chi connectivity index (χ0v) is 32.9. The van der Waals surface area contributed by atoms with Crippen molar-refractivity contribution in [3.05, 3.63) is 200 Å². The minimum atomic E-state index is 0.902. The maximum atomic E-state index is 6.18. The lowest BCUT2D eigenvalue weighted by Crippen LogP contribution is -2.10. The van der Waals surface area contributed by atoms with Crippen molar-refractivity contribution < 1.29 is 4.42 Å². The Labute approximate surface area is 343 Å². The lowest BCUT2D eigenvalue weighted by atomic mass is 10.00. The first-order valence-corrected chi connectivity index (χ1v) is 21.2. The molecule has 0 spiro atoms. The summed E-state index contributed by atoms with van der Waals surface area (Å²) in [5.74, 6) is 0. The van der Waals surface area contributed by atoms with Crippen LogP contribution in [0.2, 0.25) is 0 Å². The number of thiophene rings is 2. The first-order chi connectivity index (χ1) is 28.7. The molecule has 58 heavy (non-hydrogen) atoms. The van der Waals surface area contributed by atoms with E-state index in [1.807, 2.05) is 34.8 Å². The molecule has 2 nitrogen and oxygen atoms in total. The second-order valence-corrected chi connectivity index (χ2v) is 17.0. The van der Waals surface area contributed by atoms with Crippen LogP contribution in [0, 0.1) is 0 Å². The topological polar surface area (TPSA) is 16.4 Å². The van der Waals surface area contributed by atoms with Gasteiger partial charge in [0, 0.05) is 68.2 Å². The van der Waals surface area contributed by atoms with Crippen LogP contribution >= 0.6 is 22.7 Å². The van der Waals surface area contributed by atoms with E-state index < -0.39 is 0 Å². The highest BCUT2D eigenvalue weighted by molar-refractivity contribution is 7.26. The van der Waals surface area contributed by atoms with E-state index in [9.17, 15) is 0 Å². The van der Waals surface area contributed by atoms with Crippen molar-refractivity contribution in [1.82, 2.24) is 0 Å². The fraction of sp³-hybridized carbons (Fsp3) is 0. The van der Waals surface area contributed by atoms with Gasteiger partial charge in [-0.2, -0.15) is 0 Å². The van der Waals surface area contributed by atoms with E-state index in [-0.39, 0.29) is 0 Å². The summed E-state index contributed by atoms with van der Waals surface area (Å²) in [6.45, 7) is 0. The van der Waals surface area contributed by atoms with Crippen molar-refractivity contribution in [2.24, 2.45) is 0 Å². The van der Waals surface area contributed by atoms with E-state index in [4.69, 9.17) is 4.42 Å². The van der Waals surface area contributed by atoms with Crippen molar-refractivity contribution in [2.75, 3.05) is 4.90 Å². The molecule has 272 valence electrons. The molecule has 0 aliphatic carbocycles. The molecule has 3 aromatic heterocycles. The van der Waals surface area contributed by atoms with Gasteiger partial charge in [0.1, 0.15) is 11.2 Å². The number of furan rings is 1. The summed E-state index contributed by atoms with van der Waals surface area (Å²) in [7, 11) is 0. The molecule has 0 amide bonds. The maximum absolute atomic E-state index is 6.18. The monoisotopic (exact) mass is 775 g/mol. The van der Waals surface area contributed by atoms with Crippen LogP contribution in [0.3, 0.4) is 0 Å². The van der Waals surface area contributed by atoms with Gasteiger partial charge < -0.3 is 9.32 Å². The summed E-state index contributed by atoms with van der Waals surface area (Å²) in [5.41, 5.74) is 12.3. The Morgan fingerprint density at radius 1 is 0.310 bits per heavy atom. The summed E-state index contributed by atoms with van der Waals surface area (Å²) in [4.78, 5) is 2.39. The Kier molecular flexibility index (Phi) is 7.62. The Morgan fingerprint density at radius 3 is 1.69 bits per heavy atom. The van der Waals surface area contributed by atoms with Crippen molar-refractivity contribution in [3.8, 4) is 33.4 Å². The summed E-state index contributed by atoms with van der Waals surface area (Å²) in [5, 5.41) is 7.51. The Hall–Kier alpha value is -6.98. The molecule has 0 aliphatic heterocycles. The summed E-state index contributed by atoms with van der Waals surface area (Å²) in [6.07, 6.45) is 0. The first kappa shape index (κ1) is 33.2. The van der Waals surface area contributed by atoms with Gasteiger partial charge in [-0.05, 0) is 112 Å². The van der Waals surface area contributed by atoms with E-state index in [0.29, 0.717) is 0 Å². The summed E-state index contributed by atoms with van der Waals surface area (Å²) in [6, 6.07) is 72.8. The van der Waals surface area contributed by atoms with Crippen molar-refractivity contribution in [3.63, 3.8) is 0 Å². The highest BCUT2D eigenvalue weighted by atomic mass is 32.1. The van der Waals surface area contributed by atoms with Gasteiger partial charge in [0.05, 0.1) is 0 Å². The molecule has 3 heterocycles. The Bertz CT molecular complexity index is 3530. The van der Waals surface area contributed by atoms with E-state index >= 15 is 0 Å². The van der Waals surface area contributed by atoms with Gasteiger partial charge in [0.25, 0.3) is 0 Å². The molecule has 0 N–H and O–H groups in total. The van der Waals surface area contributed by atoms with E-state index in [1.165, 1.54) is 62.6 Å². The number of fused-ring (bicyclic) bond motifs is 9. The van der Waals surface area contributed by atoms with Crippen LogP contribution < -0.4 is 4.90 Å². The number of anilines is 3. The molecule has 0 unspecified atom stereocenters. The van der Waals surface area contributed by atoms with Gasteiger partial charge in [0.2, 0.25) is 0 Å². The Balaban J connectivity index is 0.991. The standard InChI is InChI=1S/C54H33NOS2/c1-4-19-49-43(14-1)47-32-37(24-28-50(47)56-49)35-10-7-12-40(30-35)55(39-26-22-34(23-27-39)36-25-29-53-48(33-36)45-16-3-5-20-51(45)57-53)41-13-8-11-38(31-41)42-17-9-18-46-44-15-2-6-21-52(44)58-54(42)46/h1-33H. The number of hydrogen-bond acceptors (Lipinski definition) is 4. The average Bonchev–Trinajstić information content (AvgIpc) is 3.98. The zero-order valence-electron chi connectivity index (χ0n) is 31.2. The highest BCUT2D eigenvalue weighted by Crippen LogP contribution is 2.44. The number of hydrogen-bond donors (Lipinski definition) is 0. The smallest absolute Gasteiger partial charge is 0.135 e. The average molecular weight is 776 g/mol. The fourth-order valence-electron chi connectivity index (χ4n) is 8.67. The second-order valence-electron chi connectivity index (χ2n) is 14.9. The predicted octanol–water partition coefficient (Wildman–Crippen LogP) is 16.8. The molecular weight excluding hydrogens is 743 g/mol. The Morgan fingerprint density at radius 2 is 0.862 bits per heavy atom. The molecule has 0 aliphatic rings. The molecule has 12 aromatic rings. The molecular formula is C54H33NOS2. The van der Waals surface area contributed by atoms with Crippen molar-refractivity contribution >= 4 is 102 Å². The summed E-state index contributed by atoms with van der Waals surface area (Å²) < 4.78 is 11.5. The largest absolute Gasteiger partial charge is 0.456 e. The fourth-order valence-corrected chi connectivity index (χ4v) is 11.0. The second kappa shape index (κ2) is 13.3. The van der Waals surface area contributed by atoms with Crippen LogP contribution in [-0.2, 0) is 0 Å². The van der Waals surface area contributed by atoms with Crippen LogP contribution in [0.15, 0.2) is 205 Å². The summed E-state index contributed by atoms with van der Waals surface area (Å²) >= 11 is 3.73. The van der Waals surface area contributed by atoms with Crippen molar-refractivity contribution in [2.45, 2.75) is 0 Å². The first-order valence-electron chi connectivity index (χ1n) is 19.6. The van der Waals surface area contributed by atoms with Gasteiger partial charge in [-0.3, -0.25) is 0 Å². The predicted molar refractivity (Wildman–Crippen MR) is 250 cm³/mol. The molecule has 0 atom stereocenters. The third kappa shape index (κ3) is 5.45. The SMILES string of the molecule is c1cc(-c2ccc3oc4ccccc4c3c2)cc(N(c2ccc(-c3ccc4sc5ccccc5c4c3)cc2)c2cccc(-c3cccc4c3sc3ccccc34)c2)c1. The third-order valence-corrected chi connectivity index (χ3v) is 13.8. The van der Waals surface area contributed by atoms with E-state index in [1.54, 1.807) is 0 Å². The zero-order chi connectivity index (χ0) is 38.2. The number of nitrogens with zero attached hydrogens (tertiary/aromatic N) is 1. The van der Waals surface area contributed by atoms with Gasteiger partial charge >= 0.3 is 0 Å². The molecule has 0 fully saturated rings. The van der Waals surface area contributed by atoms with E-state index in [2.05, 4.69) is 193 Å². The van der Waals surface area contributed by atoms with E-state index in [0.717, 1.165) is 50.1 Å². The van der Waals surface area contributed by atoms with Gasteiger partial charge in [-0.25, -0.2) is 0 Å². The third-order valence-electron chi connectivity index (χ3n) is 11.5. The molecule has 0 saturated carbocycles. The quantitative estimate of drug-likeness (QED) is 0.167. The number of para-hydroxylation sites is 1. The maximum Gasteiger partial charge on any atom is 0.135 e. The van der Waals surface area contributed by atoms with Crippen LogP contribution in [0.5, 0.6) is 0 Å². The molecule has 0 radical (unpaired) electrons. The van der Waals surface area contributed by atoms with Crippen LogP contribution in [0.1, 0.15) is 0 Å². The highest BCUT2D eigenvalue weighted by Gasteiger charge is 2.18. The molecule has 12 rings (SSSR count).